The number of piperazine rings is 1. The minimum Gasteiger partial charge on any atom is -0.497 e. The van der Waals surface area contributed by atoms with Crippen molar-refractivity contribution in [2.75, 3.05) is 45.7 Å². The molecule has 1 aliphatic heterocycles. The molecule has 1 N–H and O–H groups in total. The average molecular weight is 533 g/mol. The molecule has 0 radical (unpaired) electrons. The van der Waals surface area contributed by atoms with Crippen molar-refractivity contribution in [3.8, 4) is 5.75 Å². The van der Waals surface area contributed by atoms with E-state index in [0.717, 1.165) is 39.1 Å². The van der Waals surface area contributed by atoms with E-state index < -0.39 is 0 Å². The van der Waals surface area contributed by atoms with Gasteiger partial charge >= 0.3 is 0 Å². The molecular formula is C28H28N4O3S2. The molecule has 1 fully saturated rings. The van der Waals surface area contributed by atoms with Gasteiger partial charge in [0.15, 0.2) is 4.34 Å². The number of rotatable bonds is 7. The van der Waals surface area contributed by atoms with Gasteiger partial charge in [-0.3, -0.25) is 9.59 Å². The molecule has 7 nitrogen and oxygen atoms in total. The highest BCUT2D eigenvalue weighted by Gasteiger charge is 2.24. The van der Waals surface area contributed by atoms with E-state index >= 15 is 0 Å². The summed E-state index contributed by atoms with van der Waals surface area (Å²) in [6.07, 6.45) is 0. The van der Waals surface area contributed by atoms with Gasteiger partial charge in [-0.15, -0.1) is 11.3 Å². The summed E-state index contributed by atoms with van der Waals surface area (Å²) in [5.41, 5.74) is 3.58. The topological polar surface area (TPSA) is 74.8 Å². The number of anilines is 1. The highest BCUT2D eigenvalue weighted by Crippen LogP contribution is 2.33. The highest BCUT2D eigenvalue weighted by atomic mass is 32.2. The maximum Gasteiger partial charge on any atom is 0.256 e. The Morgan fingerprint density at radius 1 is 1.00 bits per heavy atom. The van der Waals surface area contributed by atoms with Crippen LogP contribution in [-0.2, 0) is 5.75 Å². The molecule has 0 atom stereocenters. The molecule has 0 saturated carbocycles. The van der Waals surface area contributed by atoms with Gasteiger partial charge in [0, 0.05) is 37.6 Å². The number of likely N-dealkylation sites (N-methyl/N-ethyl adjacent to an activating group) is 1. The first-order valence-electron chi connectivity index (χ1n) is 12.0. The number of thioether (sulfide) groups is 1. The SMILES string of the molecule is COc1ccc(CSc2nc3ccc(NC(=O)c4ccccc4C(=O)N4CCN(C)CC4)cc3s2)cc1. The largest absolute Gasteiger partial charge is 0.497 e. The predicted octanol–water partition coefficient (Wildman–Crippen LogP) is 5.24. The molecule has 5 rings (SSSR count). The van der Waals surface area contributed by atoms with Crippen molar-refractivity contribution in [3.05, 3.63) is 83.4 Å². The van der Waals surface area contributed by atoms with E-state index in [-0.39, 0.29) is 11.8 Å². The van der Waals surface area contributed by atoms with Crippen molar-refractivity contribution >= 4 is 50.8 Å². The fraction of sp³-hybridized carbons (Fsp3) is 0.250. The minimum absolute atomic E-state index is 0.102. The Morgan fingerprint density at radius 2 is 1.73 bits per heavy atom. The normalized spacial score (nSPS) is 14.1. The molecule has 1 aliphatic rings. The van der Waals surface area contributed by atoms with Gasteiger partial charge in [0.2, 0.25) is 0 Å². The number of nitrogens with one attached hydrogen (secondary N) is 1. The quantitative estimate of drug-likeness (QED) is 0.328. The number of carbonyl (C=O) groups is 2. The average Bonchev–Trinajstić information content (AvgIpc) is 3.34. The van der Waals surface area contributed by atoms with Crippen LogP contribution in [0.2, 0.25) is 0 Å². The van der Waals surface area contributed by atoms with Gasteiger partial charge < -0.3 is 19.9 Å². The van der Waals surface area contributed by atoms with Gasteiger partial charge in [0.1, 0.15) is 5.75 Å². The molecule has 4 aromatic rings. The number of amides is 2. The van der Waals surface area contributed by atoms with E-state index in [1.807, 2.05) is 42.3 Å². The number of aromatic nitrogens is 1. The van der Waals surface area contributed by atoms with Crippen LogP contribution in [0.4, 0.5) is 5.69 Å². The summed E-state index contributed by atoms with van der Waals surface area (Å²) in [7, 11) is 3.71. The number of nitrogens with zero attached hydrogens (tertiary/aromatic N) is 3. The minimum atomic E-state index is -0.295. The van der Waals surface area contributed by atoms with Crippen LogP contribution in [0.15, 0.2) is 71.1 Å². The second-order valence-electron chi connectivity index (χ2n) is 8.89. The van der Waals surface area contributed by atoms with Crippen molar-refractivity contribution < 1.29 is 14.3 Å². The van der Waals surface area contributed by atoms with Gasteiger partial charge in [0.05, 0.1) is 28.5 Å². The summed E-state index contributed by atoms with van der Waals surface area (Å²) in [4.78, 5) is 35.1. The molecule has 2 heterocycles. The maximum absolute atomic E-state index is 13.2. The molecule has 190 valence electrons. The number of hydrogen-bond donors (Lipinski definition) is 1. The number of benzene rings is 3. The van der Waals surface area contributed by atoms with Gasteiger partial charge in [-0.1, -0.05) is 36.0 Å². The summed E-state index contributed by atoms with van der Waals surface area (Å²) in [5, 5.41) is 2.98. The zero-order valence-electron chi connectivity index (χ0n) is 20.8. The number of fused-ring (bicyclic) bond motifs is 1. The Morgan fingerprint density at radius 3 is 2.46 bits per heavy atom. The van der Waals surface area contributed by atoms with E-state index in [4.69, 9.17) is 9.72 Å². The van der Waals surface area contributed by atoms with Crippen LogP contribution in [0, 0.1) is 0 Å². The van der Waals surface area contributed by atoms with Crippen molar-refractivity contribution in [2.24, 2.45) is 0 Å². The third kappa shape index (κ3) is 5.95. The number of hydrogen-bond acceptors (Lipinski definition) is 7. The van der Waals surface area contributed by atoms with Crippen LogP contribution < -0.4 is 10.1 Å². The van der Waals surface area contributed by atoms with E-state index in [1.165, 1.54) is 5.56 Å². The second kappa shape index (κ2) is 11.3. The van der Waals surface area contributed by atoms with E-state index in [1.54, 1.807) is 54.5 Å². The molecule has 0 aliphatic carbocycles. The number of thiazole rings is 1. The van der Waals surface area contributed by atoms with Crippen molar-refractivity contribution in [2.45, 2.75) is 10.1 Å². The molecule has 3 aromatic carbocycles. The lowest BCUT2D eigenvalue weighted by molar-refractivity contribution is 0.0660. The Hall–Kier alpha value is -3.40. The summed E-state index contributed by atoms with van der Waals surface area (Å²) in [6, 6.07) is 20.8. The first kappa shape index (κ1) is 25.3. The summed E-state index contributed by atoms with van der Waals surface area (Å²) in [5.74, 6) is 1.26. The van der Waals surface area contributed by atoms with Gasteiger partial charge in [-0.05, 0) is 55.1 Å². The van der Waals surface area contributed by atoms with Gasteiger partial charge in [-0.25, -0.2) is 4.98 Å². The van der Waals surface area contributed by atoms with E-state index in [0.29, 0.717) is 29.9 Å². The van der Waals surface area contributed by atoms with Crippen LogP contribution in [0.3, 0.4) is 0 Å². The number of carbonyl (C=O) groups excluding carboxylic acids is 2. The smallest absolute Gasteiger partial charge is 0.256 e. The molecular weight excluding hydrogens is 504 g/mol. The predicted molar refractivity (Wildman–Crippen MR) is 150 cm³/mol. The molecule has 2 amide bonds. The van der Waals surface area contributed by atoms with Crippen LogP contribution in [0.1, 0.15) is 26.3 Å². The third-order valence-corrected chi connectivity index (χ3v) is 8.57. The maximum atomic E-state index is 13.2. The zero-order chi connectivity index (χ0) is 25.8. The van der Waals surface area contributed by atoms with Crippen molar-refractivity contribution in [1.82, 2.24) is 14.8 Å². The summed E-state index contributed by atoms with van der Waals surface area (Å²) >= 11 is 3.28. The lowest BCUT2D eigenvalue weighted by atomic mass is 10.0. The van der Waals surface area contributed by atoms with Crippen LogP contribution in [0.25, 0.3) is 10.2 Å². The molecule has 1 saturated heterocycles. The molecule has 0 bridgehead atoms. The fourth-order valence-corrected chi connectivity index (χ4v) is 6.22. The Bertz CT molecular complexity index is 1410. The van der Waals surface area contributed by atoms with E-state index in [9.17, 15) is 9.59 Å². The molecule has 0 unspecified atom stereocenters. The summed E-state index contributed by atoms with van der Waals surface area (Å²) < 4.78 is 7.19. The molecule has 1 aromatic heterocycles. The zero-order valence-corrected chi connectivity index (χ0v) is 22.4. The van der Waals surface area contributed by atoms with Crippen molar-refractivity contribution in [1.29, 1.82) is 0 Å². The summed E-state index contributed by atoms with van der Waals surface area (Å²) in [6.45, 7) is 2.98. The van der Waals surface area contributed by atoms with E-state index in [2.05, 4.69) is 22.3 Å². The first-order chi connectivity index (χ1) is 18.0. The standard InChI is InChI=1S/C28H28N4O3S2/c1-31-13-15-32(16-14-31)27(34)23-6-4-3-5-22(23)26(33)29-20-9-12-24-25(17-20)37-28(30-24)36-18-19-7-10-21(35-2)11-8-19/h3-12,17H,13-16,18H2,1-2H3,(H,29,33). The Labute approximate surface area is 224 Å². The Balaban J connectivity index is 1.27. The molecule has 0 spiro atoms. The fourth-order valence-electron chi connectivity index (χ4n) is 4.16. The molecule has 37 heavy (non-hydrogen) atoms. The van der Waals surface area contributed by atoms with Crippen LogP contribution >= 0.6 is 23.1 Å². The second-order valence-corrected chi connectivity index (χ2v) is 11.1. The highest BCUT2D eigenvalue weighted by molar-refractivity contribution is 8.00. The third-order valence-electron chi connectivity index (χ3n) is 6.34. The lowest BCUT2D eigenvalue weighted by Gasteiger charge is -2.32. The monoisotopic (exact) mass is 532 g/mol. The number of methoxy groups -OCH3 is 1. The van der Waals surface area contributed by atoms with Gasteiger partial charge in [-0.2, -0.15) is 0 Å². The van der Waals surface area contributed by atoms with Crippen molar-refractivity contribution in [3.63, 3.8) is 0 Å². The Kier molecular flexibility index (Phi) is 7.73. The number of ether oxygens (including phenoxy) is 1. The molecule has 9 heteroatoms. The van der Waals surface area contributed by atoms with Crippen LogP contribution in [-0.4, -0.2) is 66.9 Å². The van der Waals surface area contributed by atoms with Gasteiger partial charge in [0.25, 0.3) is 11.8 Å². The lowest BCUT2D eigenvalue weighted by Crippen LogP contribution is -2.47. The van der Waals surface area contributed by atoms with Crippen LogP contribution in [0.5, 0.6) is 5.75 Å². The first-order valence-corrected chi connectivity index (χ1v) is 13.8.